The van der Waals surface area contributed by atoms with Gasteiger partial charge in [0.2, 0.25) is 0 Å². The van der Waals surface area contributed by atoms with Gasteiger partial charge in [-0.3, -0.25) is 4.40 Å². The van der Waals surface area contributed by atoms with Crippen LogP contribution >= 0.6 is 23.4 Å². The molecule has 0 unspecified atom stereocenters. The molecule has 0 amide bonds. The minimum Gasteiger partial charge on any atom is -0.398 e. The Morgan fingerprint density at radius 3 is 2.73 bits per heavy atom. The van der Waals surface area contributed by atoms with Gasteiger partial charge in [-0.05, 0) is 25.8 Å². The Labute approximate surface area is 199 Å². The van der Waals surface area contributed by atoms with Crippen molar-refractivity contribution in [2.45, 2.75) is 48.4 Å². The summed E-state index contributed by atoms with van der Waals surface area (Å²) < 4.78 is 21.5. The topological polar surface area (TPSA) is 134 Å². The van der Waals surface area contributed by atoms with Crippen LogP contribution < -0.4 is 22.1 Å². The van der Waals surface area contributed by atoms with E-state index >= 15 is 0 Å². The van der Waals surface area contributed by atoms with Crippen LogP contribution in [0.5, 0.6) is 0 Å². The van der Waals surface area contributed by atoms with E-state index < -0.39 is 6.67 Å². The minimum atomic E-state index is -0.751. The number of nitrogens with two attached hydrogens (primary N) is 3. The molecule has 0 radical (unpaired) electrons. The molecule has 0 saturated carbocycles. The summed E-state index contributed by atoms with van der Waals surface area (Å²) in [5, 5.41) is 8.67. The molecule has 0 aromatic carbocycles. The van der Waals surface area contributed by atoms with Crippen molar-refractivity contribution in [2.24, 2.45) is 11.1 Å². The Hall–Kier alpha value is -2.34. The first-order valence-electron chi connectivity index (χ1n) is 10.8. The number of fused-ring (bicyclic) bond motifs is 1. The molecule has 33 heavy (non-hydrogen) atoms. The summed E-state index contributed by atoms with van der Waals surface area (Å²) >= 11 is 7.64. The number of rotatable bonds is 4. The number of anilines is 3. The van der Waals surface area contributed by atoms with Crippen LogP contribution in [0.4, 0.5) is 21.7 Å². The maximum Gasteiger partial charge on any atom is 0.178 e. The fourth-order valence-corrected chi connectivity index (χ4v) is 5.98. The number of nitrogens with zero attached hydrogens (tertiary/aromatic N) is 5. The van der Waals surface area contributed by atoms with Gasteiger partial charge in [0, 0.05) is 41.7 Å². The van der Waals surface area contributed by atoms with Crippen LogP contribution in [-0.4, -0.2) is 51.4 Å². The number of piperidine rings is 1. The van der Waals surface area contributed by atoms with E-state index in [1.807, 2.05) is 13.0 Å². The Morgan fingerprint density at radius 2 is 2.06 bits per heavy atom. The molecule has 1 spiro atoms. The molecule has 3 aromatic rings. The van der Waals surface area contributed by atoms with Crippen LogP contribution in [0.2, 0.25) is 5.02 Å². The van der Waals surface area contributed by atoms with Gasteiger partial charge in [0.1, 0.15) is 18.3 Å². The van der Waals surface area contributed by atoms with E-state index in [-0.39, 0.29) is 29.2 Å². The summed E-state index contributed by atoms with van der Waals surface area (Å²) in [4.78, 5) is 7.50. The van der Waals surface area contributed by atoms with E-state index in [0.29, 0.717) is 32.8 Å². The summed E-state index contributed by atoms with van der Waals surface area (Å²) in [6.45, 7) is 3.45. The lowest BCUT2D eigenvalue weighted by Gasteiger charge is -2.42. The zero-order chi connectivity index (χ0) is 23.3. The van der Waals surface area contributed by atoms with Gasteiger partial charge in [0.25, 0.3) is 0 Å². The standard InChI is InChI=1S/C21H26ClFN8OS/c1-11-18(25)21(10-32-11)3-6-30(7-4-21)15-8-12(24)17(20-29-28-14(9-23)31(15)20)33-13-2-5-27-19(26)16(13)22/h2,5,8,11,18H,3-4,6-7,9-10,24-25H2,1H3,(H2,26,27)/t11-,18+/m0/s1. The van der Waals surface area contributed by atoms with Crippen molar-refractivity contribution in [3.8, 4) is 0 Å². The van der Waals surface area contributed by atoms with Crippen LogP contribution in [-0.2, 0) is 11.4 Å². The fourth-order valence-electron chi connectivity index (χ4n) is 4.81. The predicted molar refractivity (Wildman–Crippen MR) is 127 cm³/mol. The summed E-state index contributed by atoms with van der Waals surface area (Å²) in [5.41, 5.74) is 19.7. The van der Waals surface area contributed by atoms with Crippen LogP contribution in [0.3, 0.4) is 0 Å². The number of halogens is 2. The molecule has 9 nitrogen and oxygen atoms in total. The summed E-state index contributed by atoms with van der Waals surface area (Å²) in [7, 11) is 0. The molecule has 0 aliphatic carbocycles. The summed E-state index contributed by atoms with van der Waals surface area (Å²) in [6.07, 6.45) is 3.40. The SMILES string of the molecule is C[C@@H]1OCC2(CCN(c3cc(N)c(Sc4ccnc(N)c4Cl)c4nnc(CF)n34)CC2)[C@@H]1N. The zero-order valence-electron chi connectivity index (χ0n) is 18.2. The molecule has 12 heteroatoms. The van der Waals surface area contributed by atoms with E-state index in [2.05, 4.69) is 20.1 Å². The van der Waals surface area contributed by atoms with E-state index in [9.17, 15) is 4.39 Å². The van der Waals surface area contributed by atoms with Gasteiger partial charge in [0.15, 0.2) is 11.5 Å². The number of pyridine rings is 2. The number of alkyl halides is 1. The molecule has 3 aromatic heterocycles. The van der Waals surface area contributed by atoms with E-state index in [0.717, 1.165) is 31.7 Å². The molecule has 5 heterocycles. The lowest BCUT2D eigenvalue weighted by Crippen LogP contribution is -2.51. The minimum absolute atomic E-state index is 0.0115. The first-order valence-corrected chi connectivity index (χ1v) is 12.0. The Balaban J connectivity index is 1.51. The molecule has 0 bridgehead atoms. The van der Waals surface area contributed by atoms with E-state index in [1.165, 1.54) is 11.8 Å². The monoisotopic (exact) mass is 492 g/mol. The number of aromatic nitrogens is 4. The van der Waals surface area contributed by atoms with Crippen molar-refractivity contribution < 1.29 is 9.13 Å². The molecular formula is C21H26ClFN8OS. The quantitative estimate of drug-likeness (QED) is 0.502. The van der Waals surface area contributed by atoms with Crippen molar-refractivity contribution in [2.75, 3.05) is 36.1 Å². The second-order valence-electron chi connectivity index (χ2n) is 8.70. The molecule has 5 rings (SSSR count). The van der Waals surface area contributed by atoms with Crippen molar-refractivity contribution in [1.82, 2.24) is 19.6 Å². The Kier molecular flexibility index (Phi) is 5.76. The van der Waals surface area contributed by atoms with Crippen molar-refractivity contribution in [3.63, 3.8) is 0 Å². The van der Waals surface area contributed by atoms with Crippen LogP contribution in [0.1, 0.15) is 25.6 Å². The lowest BCUT2D eigenvalue weighted by atomic mass is 9.73. The third-order valence-electron chi connectivity index (χ3n) is 6.85. The van der Waals surface area contributed by atoms with Crippen LogP contribution in [0.15, 0.2) is 28.1 Å². The van der Waals surface area contributed by atoms with Crippen LogP contribution in [0.25, 0.3) is 5.65 Å². The number of nitrogen functional groups attached to an aromatic ring is 2. The summed E-state index contributed by atoms with van der Waals surface area (Å²) in [6, 6.07) is 3.61. The van der Waals surface area contributed by atoms with Gasteiger partial charge in [-0.1, -0.05) is 23.4 Å². The number of hydrogen-bond donors (Lipinski definition) is 3. The molecule has 2 fully saturated rings. The van der Waals surface area contributed by atoms with Gasteiger partial charge < -0.3 is 26.8 Å². The van der Waals surface area contributed by atoms with Gasteiger partial charge in [-0.25, -0.2) is 9.37 Å². The molecular weight excluding hydrogens is 467 g/mol. The first kappa shape index (κ1) is 22.5. The third kappa shape index (κ3) is 3.67. The molecule has 2 atom stereocenters. The lowest BCUT2D eigenvalue weighted by molar-refractivity contribution is 0.0974. The highest BCUT2D eigenvalue weighted by molar-refractivity contribution is 7.99. The first-order chi connectivity index (χ1) is 15.8. The second kappa shape index (κ2) is 8.46. The highest BCUT2D eigenvalue weighted by atomic mass is 35.5. The maximum absolute atomic E-state index is 13.9. The normalized spacial score (nSPS) is 22.5. The largest absolute Gasteiger partial charge is 0.398 e. The Morgan fingerprint density at radius 1 is 1.30 bits per heavy atom. The van der Waals surface area contributed by atoms with Crippen LogP contribution in [0, 0.1) is 5.41 Å². The molecule has 2 aliphatic heterocycles. The molecule has 2 aliphatic rings. The smallest absolute Gasteiger partial charge is 0.178 e. The molecule has 2 saturated heterocycles. The average molecular weight is 493 g/mol. The van der Waals surface area contributed by atoms with Crippen molar-refractivity contribution >= 4 is 46.3 Å². The van der Waals surface area contributed by atoms with E-state index in [4.69, 9.17) is 33.5 Å². The summed E-state index contributed by atoms with van der Waals surface area (Å²) in [5.74, 6) is 1.21. The number of hydrogen-bond acceptors (Lipinski definition) is 9. The molecule has 6 N–H and O–H groups in total. The maximum atomic E-state index is 13.9. The van der Waals surface area contributed by atoms with Gasteiger partial charge in [-0.2, -0.15) is 0 Å². The highest BCUT2D eigenvalue weighted by Crippen LogP contribution is 2.44. The third-order valence-corrected chi connectivity index (χ3v) is 8.54. The van der Waals surface area contributed by atoms with Gasteiger partial charge in [-0.15, -0.1) is 10.2 Å². The molecule has 176 valence electrons. The predicted octanol–water partition coefficient (Wildman–Crippen LogP) is 2.90. The number of ether oxygens (including phenoxy) is 1. The average Bonchev–Trinajstić information content (AvgIpc) is 3.36. The van der Waals surface area contributed by atoms with Gasteiger partial charge in [0.05, 0.1) is 28.3 Å². The van der Waals surface area contributed by atoms with Crippen molar-refractivity contribution in [1.29, 1.82) is 0 Å². The zero-order valence-corrected chi connectivity index (χ0v) is 19.7. The Bertz CT molecular complexity index is 1200. The van der Waals surface area contributed by atoms with Gasteiger partial charge >= 0.3 is 0 Å². The second-order valence-corrected chi connectivity index (χ2v) is 10.1. The van der Waals surface area contributed by atoms with Crippen molar-refractivity contribution in [3.05, 3.63) is 29.2 Å². The fraction of sp³-hybridized carbons (Fsp3) is 0.476. The highest BCUT2D eigenvalue weighted by Gasteiger charge is 2.47. The van der Waals surface area contributed by atoms with E-state index in [1.54, 1.807) is 16.7 Å².